The van der Waals surface area contributed by atoms with Gasteiger partial charge in [-0.05, 0) is 60.4 Å². The number of hydrogen-bond acceptors (Lipinski definition) is 5. The van der Waals surface area contributed by atoms with Crippen molar-refractivity contribution in [1.82, 2.24) is 4.90 Å². The highest BCUT2D eigenvalue weighted by molar-refractivity contribution is 5.97. The summed E-state index contributed by atoms with van der Waals surface area (Å²) < 4.78 is 39.8. The Kier molecular flexibility index (Phi) is 6.43. The second kappa shape index (κ2) is 9.85. The summed E-state index contributed by atoms with van der Waals surface area (Å²) in [7, 11) is 0. The number of aliphatic carboxylic acids is 1. The third-order valence-corrected chi connectivity index (χ3v) is 6.40. The van der Waals surface area contributed by atoms with Crippen molar-refractivity contribution in [1.29, 1.82) is 5.41 Å². The van der Waals surface area contributed by atoms with E-state index in [2.05, 4.69) is 0 Å². The molecular formula is C28H22F2N2O5. The van der Waals surface area contributed by atoms with Crippen LogP contribution in [0, 0.1) is 17.0 Å². The molecule has 188 valence electrons. The molecule has 9 heteroatoms. The Morgan fingerprint density at radius 3 is 2.65 bits per heavy atom. The summed E-state index contributed by atoms with van der Waals surface area (Å²) in [5.74, 6) is -2.73. The van der Waals surface area contributed by atoms with E-state index in [9.17, 15) is 23.5 Å². The first-order valence-electron chi connectivity index (χ1n) is 11.6. The van der Waals surface area contributed by atoms with Crippen LogP contribution in [0.4, 0.5) is 8.78 Å². The van der Waals surface area contributed by atoms with Crippen LogP contribution in [0.3, 0.4) is 0 Å². The highest BCUT2D eigenvalue weighted by Crippen LogP contribution is 2.35. The number of carbonyl (C=O) groups is 2. The number of ether oxygens (including phenoxy) is 1. The second-order valence-corrected chi connectivity index (χ2v) is 8.76. The molecule has 1 amide bonds. The number of benzene rings is 3. The van der Waals surface area contributed by atoms with Gasteiger partial charge in [0.1, 0.15) is 29.7 Å². The maximum Gasteiger partial charge on any atom is 0.326 e. The number of halogens is 2. The van der Waals surface area contributed by atoms with Crippen molar-refractivity contribution in [3.63, 3.8) is 0 Å². The molecule has 1 atom stereocenters. The van der Waals surface area contributed by atoms with Crippen LogP contribution in [0.25, 0.3) is 22.1 Å². The van der Waals surface area contributed by atoms with Crippen molar-refractivity contribution in [2.75, 3.05) is 6.54 Å². The Bertz CT molecular complexity index is 1510. The number of carbonyl (C=O) groups excluding carboxylic acids is 1. The zero-order valence-electron chi connectivity index (χ0n) is 19.5. The predicted octanol–water partition coefficient (Wildman–Crippen LogP) is 5.64. The zero-order valence-corrected chi connectivity index (χ0v) is 19.5. The minimum atomic E-state index is -1.03. The summed E-state index contributed by atoms with van der Waals surface area (Å²) in [5, 5.41) is 16.7. The highest BCUT2D eigenvalue weighted by atomic mass is 19.2. The average molecular weight is 504 g/mol. The number of furan rings is 1. The summed E-state index contributed by atoms with van der Waals surface area (Å²) in [5.41, 5.74) is 2.21. The SMILES string of the molecule is N=Cc1cc2c(F)c(F)cc(-c3ccc(OCc4cccc(C(=O)N5CCC[C@H]5C(=O)O)c4)cc3)c2o1. The molecule has 4 aromatic rings. The molecule has 1 aliphatic heterocycles. The fourth-order valence-electron chi connectivity index (χ4n) is 4.57. The Morgan fingerprint density at radius 2 is 1.92 bits per heavy atom. The molecule has 1 aromatic heterocycles. The Hall–Kier alpha value is -4.53. The molecule has 1 aliphatic rings. The van der Waals surface area contributed by atoms with E-state index in [-0.39, 0.29) is 29.2 Å². The number of carboxylic acids is 1. The minimum Gasteiger partial charge on any atom is -0.489 e. The second-order valence-electron chi connectivity index (χ2n) is 8.76. The van der Waals surface area contributed by atoms with Gasteiger partial charge in [0.25, 0.3) is 5.91 Å². The van der Waals surface area contributed by atoms with Crippen LogP contribution < -0.4 is 4.74 Å². The van der Waals surface area contributed by atoms with E-state index in [0.29, 0.717) is 41.8 Å². The van der Waals surface area contributed by atoms with E-state index in [1.807, 2.05) is 0 Å². The van der Waals surface area contributed by atoms with Crippen LogP contribution in [-0.2, 0) is 11.4 Å². The summed E-state index contributed by atoms with van der Waals surface area (Å²) in [6.45, 7) is 0.576. The Morgan fingerprint density at radius 1 is 1.14 bits per heavy atom. The first kappa shape index (κ1) is 24.2. The zero-order chi connectivity index (χ0) is 26.1. The lowest BCUT2D eigenvalue weighted by atomic mass is 10.0. The summed E-state index contributed by atoms with van der Waals surface area (Å²) in [6, 6.07) is 15.1. The molecular weight excluding hydrogens is 482 g/mol. The lowest BCUT2D eigenvalue weighted by Gasteiger charge is -2.21. The molecule has 0 spiro atoms. The highest BCUT2D eigenvalue weighted by Gasteiger charge is 2.34. The van der Waals surface area contributed by atoms with Crippen molar-refractivity contribution >= 4 is 29.1 Å². The van der Waals surface area contributed by atoms with E-state index < -0.39 is 23.6 Å². The molecule has 0 radical (unpaired) electrons. The normalized spacial score (nSPS) is 15.2. The lowest BCUT2D eigenvalue weighted by Crippen LogP contribution is -2.40. The molecule has 2 heterocycles. The van der Waals surface area contributed by atoms with Crippen LogP contribution >= 0.6 is 0 Å². The van der Waals surface area contributed by atoms with Gasteiger partial charge in [0.15, 0.2) is 11.6 Å². The van der Waals surface area contributed by atoms with Crippen LogP contribution in [0.1, 0.15) is 34.5 Å². The molecule has 0 unspecified atom stereocenters. The van der Waals surface area contributed by atoms with Gasteiger partial charge in [-0.25, -0.2) is 13.6 Å². The van der Waals surface area contributed by atoms with Crippen molar-refractivity contribution < 1.29 is 32.6 Å². The molecule has 1 saturated heterocycles. The molecule has 0 saturated carbocycles. The van der Waals surface area contributed by atoms with Crippen LogP contribution in [-0.4, -0.2) is 40.7 Å². The van der Waals surface area contributed by atoms with E-state index in [1.165, 1.54) is 11.0 Å². The predicted molar refractivity (Wildman–Crippen MR) is 132 cm³/mol. The number of nitrogens with one attached hydrogen (secondary N) is 1. The molecule has 0 aliphatic carbocycles. The van der Waals surface area contributed by atoms with Crippen LogP contribution in [0.5, 0.6) is 5.75 Å². The molecule has 3 aromatic carbocycles. The first-order valence-corrected chi connectivity index (χ1v) is 11.6. The maximum absolute atomic E-state index is 14.2. The molecule has 0 bridgehead atoms. The van der Waals surface area contributed by atoms with Gasteiger partial charge in [0, 0.05) is 17.7 Å². The van der Waals surface area contributed by atoms with E-state index in [1.54, 1.807) is 48.5 Å². The molecule has 5 rings (SSSR count). The third-order valence-electron chi connectivity index (χ3n) is 6.40. The van der Waals surface area contributed by atoms with Gasteiger partial charge < -0.3 is 24.6 Å². The largest absolute Gasteiger partial charge is 0.489 e. The van der Waals surface area contributed by atoms with Crippen LogP contribution in [0.15, 0.2) is 65.1 Å². The fraction of sp³-hybridized carbons (Fsp3) is 0.179. The van der Waals surface area contributed by atoms with E-state index >= 15 is 0 Å². The summed E-state index contributed by atoms with van der Waals surface area (Å²) in [6.07, 6.45) is 2.03. The van der Waals surface area contributed by atoms with Crippen molar-refractivity contribution in [2.45, 2.75) is 25.5 Å². The van der Waals surface area contributed by atoms with Gasteiger partial charge in [-0.3, -0.25) is 4.79 Å². The van der Waals surface area contributed by atoms with Gasteiger partial charge in [-0.1, -0.05) is 24.3 Å². The van der Waals surface area contributed by atoms with Crippen molar-refractivity contribution in [3.05, 3.63) is 89.2 Å². The molecule has 37 heavy (non-hydrogen) atoms. The maximum atomic E-state index is 14.2. The van der Waals surface area contributed by atoms with Gasteiger partial charge >= 0.3 is 5.97 Å². The Balaban J connectivity index is 1.31. The number of rotatable bonds is 7. The van der Waals surface area contributed by atoms with Gasteiger partial charge in [-0.15, -0.1) is 0 Å². The average Bonchev–Trinajstić information content (AvgIpc) is 3.58. The number of hydrogen-bond donors (Lipinski definition) is 2. The smallest absolute Gasteiger partial charge is 0.326 e. The molecule has 7 nitrogen and oxygen atoms in total. The van der Waals surface area contributed by atoms with Crippen molar-refractivity contribution in [3.8, 4) is 16.9 Å². The number of amides is 1. The van der Waals surface area contributed by atoms with Gasteiger partial charge in [0.05, 0.1) is 11.6 Å². The lowest BCUT2D eigenvalue weighted by molar-refractivity contribution is -0.141. The van der Waals surface area contributed by atoms with Gasteiger partial charge in [0.2, 0.25) is 0 Å². The van der Waals surface area contributed by atoms with Crippen molar-refractivity contribution in [2.24, 2.45) is 0 Å². The van der Waals surface area contributed by atoms with Gasteiger partial charge in [-0.2, -0.15) is 0 Å². The minimum absolute atomic E-state index is 0.0353. The standard InChI is InChI=1S/C28H22F2N2O5/c29-23-13-21(26-22(25(23)30)12-20(14-31)37-26)17-6-8-19(9-7-17)36-15-16-3-1-4-18(11-16)27(33)32-10-2-5-24(32)28(34)35/h1,3-4,6-9,11-14,24,31H,2,5,10,15H2,(H,34,35)/t24-/m0/s1. The topological polar surface area (TPSA) is 104 Å². The van der Waals surface area contributed by atoms with Crippen LogP contribution in [0.2, 0.25) is 0 Å². The summed E-state index contributed by atoms with van der Waals surface area (Å²) >= 11 is 0. The molecule has 2 N–H and O–H groups in total. The Labute approximate surface area is 210 Å². The van der Waals surface area contributed by atoms with E-state index in [0.717, 1.165) is 17.8 Å². The number of likely N-dealkylation sites (tertiary alicyclic amines) is 1. The number of fused-ring (bicyclic) bond motifs is 1. The quantitative estimate of drug-likeness (QED) is 0.317. The monoisotopic (exact) mass is 504 g/mol. The third kappa shape index (κ3) is 4.67. The fourth-order valence-corrected chi connectivity index (χ4v) is 4.57. The number of nitrogens with zero attached hydrogens (tertiary/aromatic N) is 1. The number of carboxylic acid groups (broad SMARTS) is 1. The summed E-state index contributed by atoms with van der Waals surface area (Å²) in [4.78, 5) is 25.7. The first-order chi connectivity index (χ1) is 17.9. The van der Waals surface area contributed by atoms with E-state index in [4.69, 9.17) is 14.6 Å². The molecule has 1 fully saturated rings.